The van der Waals surface area contributed by atoms with Crippen molar-refractivity contribution in [3.05, 3.63) is 12.5 Å². The van der Waals surface area contributed by atoms with Crippen LogP contribution in [0.1, 0.15) is 12.8 Å². The second-order valence-corrected chi connectivity index (χ2v) is 6.35. The summed E-state index contributed by atoms with van der Waals surface area (Å²) in [5.74, 6) is 0.449. The van der Waals surface area contributed by atoms with E-state index in [-0.39, 0.29) is 5.03 Å². The average Bonchev–Trinajstić information content (AvgIpc) is 2.77. The second kappa shape index (κ2) is 4.75. The lowest BCUT2D eigenvalue weighted by Gasteiger charge is -2.29. The molecule has 0 spiro atoms. The third kappa shape index (κ3) is 2.51. The van der Waals surface area contributed by atoms with Crippen LogP contribution >= 0.6 is 0 Å². The van der Waals surface area contributed by atoms with Crippen LogP contribution in [-0.4, -0.2) is 41.9 Å². The third-order valence-electron chi connectivity index (χ3n) is 3.19. The summed E-state index contributed by atoms with van der Waals surface area (Å²) in [7, 11) is -1.66. The van der Waals surface area contributed by atoms with Gasteiger partial charge in [-0.05, 0) is 25.3 Å². The first-order valence-corrected chi connectivity index (χ1v) is 7.16. The molecule has 0 amide bonds. The SMILES string of the molecule is Cn1cnc(S(=O)(=O)N2CCC(CN)CC2)c1. The summed E-state index contributed by atoms with van der Waals surface area (Å²) >= 11 is 0. The lowest BCUT2D eigenvalue weighted by molar-refractivity contribution is 0.278. The van der Waals surface area contributed by atoms with Gasteiger partial charge >= 0.3 is 0 Å². The smallest absolute Gasteiger partial charge is 0.262 e. The van der Waals surface area contributed by atoms with Gasteiger partial charge in [-0.15, -0.1) is 0 Å². The first kappa shape index (κ1) is 12.5. The summed E-state index contributed by atoms with van der Waals surface area (Å²) in [6.07, 6.45) is 4.70. The van der Waals surface area contributed by atoms with Gasteiger partial charge in [-0.3, -0.25) is 0 Å². The molecule has 7 heteroatoms. The number of aromatic nitrogens is 2. The fourth-order valence-corrected chi connectivity index (χ4v) is 3.48. The van der Waals surface area contributed by atoms with Crippen molar-refractivity contribution in [3.63, 3.8) is 0 Å². The first-order chi connectivity index (χ1) is 8.04. The number of aryl methyl sites for hydroxylation is 1. The maximum Gasteiger partial charge on any atom is 0.262 e. The number of sulfonamides is 1. The Morgan fingerprint density at radius 3 is 2.59 bits per heavy atom. The van der Waals surface area contributed by atoms with Crippen molar-refractivity contribution in [2.75, 3.05) is 19.6 Å². The average molecular weight is 258 g/mol. The molecule has 2 N–H and O–H groups in total. The molecule has 0 atom stereocenters. The predicted molar refractivity (Wildman–Crippen MR) is 63.7 cm³/mol. The van der Waals surface area contributed by atoms with Crippen LogP contribution in [0.5, 0.6) is 0 Å². The van der Waals surface area contributed by atoms with Gasteiger partial charge in [0.2, 0.25) is 0 Å². The van der Waals surface area contributed by atoms with E-state index in [1.54, 1.807) is 11.6 Å². The topological polar surface area (TPSA) is 81.2 Å². The molecule has 2 rings (SSSR count). The first-order valence-electron chi connectivity index (χ1n) is 5.72. The van der Waals surface area contributed by atoms with Crippen molar-refractivity contribution >= 4 is 10.0 Å². The molecule has 1 aliphatic heterocycles. The summed E-state index contributed by atoms with van der Waals surface area (Å²) in [5, 5.41) is 0.131. The summed E-state index contributed by atoms with van der Waals surface area (Å²) in [4.78, 5) is 3.91. The highest BCUT2D eigenvalue weighted by atomic mass is 32.2. The van der Waals surface area contributed by atoms with Gasteiger partial charge in [-0.1, -0.05) is 0 Å². The largest absolute Gasteiger partial charge is 0.339 e. The fraction of sp³-hybridized carbons (Fsp3) is 0.700. The molecule has 0 radical (unpaired) electrons. The van der Waals surface area contributed by atoms with Gasteiger partial charge in [-0.25, -0.2) is 13.4 Å². The number of imidazole rings is 1. The van der Waals surface area contributed by atoms with Gasteiger partial charge in [0.25, 0.3) is 10.0 Å². The molecule has 0 unspecified atom stereocenters. The molecule has 0 bridgehead atoms. The van der Waals surface area contributed by atoms with Crippen molar-refractivity contribution in [1.29, 1.82) is 0 Å². The Bertz CT molecular complexity index is 474. The number of hydrogen-bond acceptors (Lipinski definition) is 4. The van der Waals surface area contributed by atoms with Crippen LogP contribution in [0.15, 0.2) is 17.6 Å². The number of piperidine rings is 1. The Morgan fingerprint density at radius 1 is 1.47 bits per heavy atom. The van der Waals surface area contributed by atoms with Crippen LogP contribution < -0.4 is 5.73 Å². The van der Waals surface area contributed by atoms with Crippen molar-refractivity contribution in [2.24, 2.45) is 18.7 Å². The molecule has 1 saturated heterocycles. The fourth-order valence-electron chi connectivity index (χ4n) is 2.04. The minimum absolute atomic E-state index is 0.131. The van der Waals surface area contributed by atoms with Crippen LogP contribution in [0.25, 0.3) is 0 Å². The van der Waals surface area contributed by atoms with E-state index in [9.17, 15) is 8.42 Å². The summed E-state index contributed by atoms with van der Waals surface area (Å²) in [5.41, 5.74) is 5.59. The number of nitrogens with two attached hydrogens (primary N) is 1. The van der Waals surface area contributed by atoms with E-state index in [0.717, 1.165) is 12.8 Å². The van der Waals surface area contributed by atoms with E-state index < -0.39 is 10.0 Å². The van der Waals surface area contributed by atoms with Crippen LogP contribution in [0.2, 0.25) is 0 Å². The van der Waals surface area contributed by atoms with Crippen molar-refractivity contribution in [2.45, 2.75) is 17.9 Å². The van der Waals surface area contributed by atoms with Gasteiger partial charge < -0.3 is 10.3 Å². The molecule has 6 nitrogen and oxygen atoms in total. The minimum Gasteiger partial charge on any atom is -0.339 e. The molecule has 1 fully saturated rings. The lowest BCUT2D eigenvalue weighted by atomic mass is 9.99. The van der Waals surface area contributed by atoms with E-state index in [1.807, 2.05) is 0 Å². The molecular formula is C10H18N4O2S. The molecule has 1 aliphatic rings. The van der Waals surface area contributed by atoms with E-state index >= 15 is 0 Å². The van der Waals surface area contributed by atoms with E-state index in [1.165, 1.54) is 16.8 Å². The summed E-state index contributed by atoms with van der Waals surface area (Å²) < 4.78 is 27.6. The molecule has 17 heavy (non-hydrogen) atoms. The number of rotatable bonds is 3. The minimum atomic E-state index is -3.41. The molecule has 0 aromatic carbocycles. The maximum atomic E-state index is 12.2. The van der Waals surface area contributed by atoms with Crippen LogP contribution in [-0.2, 0) is 17.1 Å². The standard InChI is InChI=1S/C10H18N4O2S/c1-13-7-10(12-8-13)17(15,16)14-4-2-9(6-11)3-5-14/h7-9H,2-6,11H2,1H3. The second-order valence-electron chi connectivity index (χ2n) is 4.46. The van der Waals surface area contributed by atoms with Crippen molar-refractivity contribution in [1.82, 2.24) is 13.9 Å². The predicted octanol–water partition coefficient (Wildman–Crippen LogP) is -0.220. The van der Waals surface area contributed by atoms with Crippen molar-refractivity contribution in [3.8, 4) is 0 Å². The Kier molecular flexibility index (Phi) is 3.50. The Morgan fingerprint density at radius 2 is 2.12 bits per heavy atom. The van der Waals surface area contributed by atoms with Crippen LogP contribution in [0.3, 0.4) is 0 Å². The molecule has 0 aliphatic carbocycles. The molecule has 1 aromatic heterocycles. The zero-order chi connectivity index (χ0) is 12.5. The Balaban J connectivity index is 2.12. The summed E-state index contributed by atoms with van der Waals surface area (Å²) in [6, 6.07) is 0. The number of hydrogen-bond donors (Lipinski definition) is 1. The van der Waals surface area contributed by atoms with Gasteiger partial charge in [0.05, 0.1) is 6.33 Å². The maximum absolute atomic E-state index is 12.2. The van der Waals surface area contributed by atoms with Gasteiger partial charge in [0.15, 0.2) is 5.03 Å². The third-order valence-corrected chi connectivity index (χ3v) is 4.98. The monoisotopic (exact) mass is 258 g/mol. The molecule has 0 saturated carbocycles. The van der Waals surface area contributed by atoms with E-state index in [2.05, 4.69) is 4.98 Å². The molecule has 96 valence electrons. The van der Waals surface area contributed by atoms with Gasteiger partial charge in [-0.2, -0.15) is 4.31 Å². The summed E-state index contributed by atoms with van der Waals surface area (Å²) in [6.45, 7) is 1.72. The quantitative estimate of drug-likeness (QED) is 0.812. The molecule has 1 aromatic rings. The number of nitrogens with zero attached hydrogens (tertiary/aromatic N) is 3. The zero-order valence-corrected chi connectivity index (χ0v) is 10.7. The highest BCUT2D eigenvalue weighted by molar-refractivity contribution is 7.89. The lowest BCUT2D eigenvalue weighted by Crippen LogP contribution is -2.40. The molecular weight excluding hydrogens is 240 g/mol. The van der Waals surface area contributed by atoms with Crippen molar-refractivity contribution < 1.29 is 8.42 Å². The van der Waals surface area contributed by atoms with Crippen LogP contribution in [0, 0.1) is 5.92 Å². The Hall–Kier alpha value is -0.920. The van der Waals surface area contributed by atoms with Gasteiger partial charge in [0.1, 0.15) is 0 Å². The normalized spacial score (nSPS) is 19.6. The van der Waals surface area contributed by atoms with Crippen LogP contribution in [0.4, 0.5) is 0 Å². The highest BCUT2D eigenvalue weighted by Gasteiger charge is 2.30. The Labute approximate surface area is 101 Å². The highest BCUT2D eigenvalue weighted by Crippen LogP contribution is 2.21. The zero-order valence-electron chi connectivity index (χ0n) is 9.91. The van der Waals surface area contributed by atoms with Gasteiger partial charge in [0, 0.05) is 26.3 Å². The molecule has 2 heterocycles. The van der Waals surface area contributed by atoms with E-state index in [0.29, 0.717) is 25.6 Å². The van der Waals surface area contributed by atoms with E-state index in [4.69, 9.17) is 5.73 Å².